The van der Waals surface area contributed by atoms with E-state index in [4.69, 9.17) is 0 Å². The first kappa shape index (κ1) is 8.93. The van der Waals surface area contributed by atoms with E-state index in [2.05, 4.69) is 45.1 Å². The molecule has 0 amide bonds. The van der Waals surface area contributed by atoms with Crippen molar-refractivity contribution in [2.24, 2.45) is 0 Å². The highest BCUT2D eigenvalue weighted by Gasteiger charge is 2.44. The van der Waals surface area contributed by atoms with Crippen LogP contribution in [0, 0.1) is 0 Å². The van der Waals surface area contributed by atoms with E-state index in [-0.39, 0.29) is 0 Å². The first-order valence-corrected chi connectivity index (χ1v) is 6.06. The van der Waals surface area contributed by atoms with Gasteiger partial charge in [0.15, 0.2) is 0 Å². The number of rotatable bonds is 1. The van der Waals surface area contributed by atoms with E-state index in [1.54, 1.807) is 5.56 Å². The van der Waals surface area contributed by atoms with Gasteiger partial charge in [-0.25, -0.2) is 0 Å². The van der Waals surface area contributed by atoms with Crippen molar-refractivity contribution in [3.63, 3.8) is 0 Å². The van der Waals surface area contributed by atoms with Crippen LogP contribution in [0.25, 0.3) is 0 Å². The molecule has 2 heterocycles. The summed E-state index contributed by atoms with van der Waals surface area (Å²) in [5, 5.41) is 0. The Morgan fingerprint density at radius 2 is 1.71 bits per heavy atom. The van der Waals surface area contributed by atoms with Crippen molar-refractivity contribution in [1.82, 2.24) is 4.90 Å². The van der Waals surface area contributed by atoms with Gasteiger partial charge in [0.2, 0.25) is 0 Å². The average Bonchev–Trinajstić information content (AvgIpc) is 2.79. The zero-order valence-electron chi connectivity index (χ0n) is 8.17. The van der Waals surface area contributed by atoms with Gasteiger partial charge in [-0.2, -0.15) is 0 Å². The summed E-state index contributed by atoms with van der Waals surface area (Å²) in [5.41, 5.74) is 2.04. The molecule has 0 aromatic heterocycles. The molecule has 0 N–H and O–H groups in total. The lowest BCUT2D eigenvalue weighted by molar-refractivity contribution is 0.364. The Balaban J connectivity index is 1.98. The highest BCUT2D eigenvalue weighted by molar-refractivity contribution is 9.10. The quantitative estimate of drug-likeness (QED) is 0.742. The smallest absolute Gasteiger partial charge is 0.0175 e. The lowest BCUT2D eigenvalue weighted by Crippen LogP contribution is -2.24. The molecule has 0 atom stereocenters. The van der Waals surface area contributed by atoms with Gasteiger partial charge in [0.25, 0.3) is 0 Å². The minimum Gasteiger partial charge on any atom is -0.302 e. The molecule has 1 nitrogen and oxygen atoms in total. The van der Waals surface area contributed by atoms with Crippen LogP contribution >= 0.6 is 15.9 Å². The number of hydrogen-bond acceptors (Lipinski definition) is 1. The molecule has 2 saturated heterocycles. The summed E-state index contributed by atoms with van der Waals surface area (Å²) in [6, 6.07) is 8.92. The Labute approximate surface area is 93.2 Å². The van der Waals surface area contributed by atoms with Crippen LogP contribution in [0.2, 0.25) is 0 Å². The molecule has 2 bridgehead atoms. The maximum absolute atomic E-state index is 3.49. The Bertz CT molecular complexity index is 336. The van der Waals surface area contributed by atoms with Crippen molar-refractivity contribution in [3.05, 3.63) is 34.3 Å². The first-order valence-electron chi connectivity index (χ1n) is 5.27. The minimum atomic E-state index is 0.501. The second-order valence-corrected chi connectivity index (χ2v) is 5.48. The van der Waals surface area contributed by atoms with E-state index in [1.165, 1.54) is 36.9 Å². The van der Waals surface area contributed by atoms with E-state index in [0.29, 0.717) is 5.41 Å². The number of nitrogens with zero attached hydrogens (tertiary/aromatic N) is 1. The lowest BCUT2D eigenvalue weighted by atomic mass is 9.78. The van der Waals surface area contributed by atoms with Crippen LogP contribution in [0.4, 0.5) is 0 Å². The second-order valence-electron chi connectivity index (χ2n) is 4.56. The summed E-state index contributed by atoms with van der Waals surface area (Å²) < 4.78 is 1.19. The van der Waals surface area contributed by atoms with Crippen molar-refractivity contribution in [2.75, 3.05) is 19.6 Å². The molecule has 0 radical (unpaired) electrons. The van der Waals surface area contributed by atoms with E-state index >= 15 is 0 Å². The van der Waals surface area contributed by atoms with Gasteiger partial charge < -0.3 is 4.90 Å². The van der Waals surface area contributed by atoms with Crippen molar-refractivity contribution in [1.29, 1.82) is 0 Å². The standard InChI is InChI=1S/C12H14BrN/c13-11-3-1-10(2-4-11)12-5-7-14(9-12)8-6-12/h1-4H,5-9H2. The predicted molar refractivity (Wildman–Crippen MR) is 61.5 cm³/mol. The third-order valence-corrected chi connectivity index (χ3v) is 4.32. The number of piperidine rings is 1. The zero-order valence-corrected chi connectivity index (χ0v) is 9.76. The van der Waals surface area contributed by atoms with Crippen molar-refractivity contribution in [2.45, 2.75) is 18.3 Å². The maximum Gasteiger partial charge on any atom is 0.0175 e. The van der Waals surface area contributed by atoms with Gasteiger partial charge in [0.05, 0.1) is 0 Å². The molecule has 2 fully saturated rings. The monoisotopic (exact) mass is 251 g/mol. The molecule has 2 aliphatic heterocycles. The highest BCUT2D eigenvalue weighted by atomic mass is 79.9. The van der Waals surface area contributed by atoms with Gasteiger partial charge in [-0.3, -0.25) is 0 Å². The van der Waals surface area contributed by atoms with Crippen LogP contribution in [0.15, 0.2) is 28.7 Å². The minimum absolute atomic E-state index is 0.501. The molecule has 74 valence electrons. The van der Waals surface area contributed by atoms with Crippen LogP contribution in [0.3, 0.4) is 0 Å². The van der Waals surface area contributed by atoms with Gasteiger partial charge in [-0.15, -0.1) is 0 Å². The third kappa shape index (κ3) is 1.24. The molecule has 0 aliphatic carbocycles. The molecule has 0 saturated carbocycles. The van der Waals surface area contributed by atoms with Crippen molar-refractivity contribution >= 4 is 15.9 Å². The van der Waals surface area contributed by atoms with Crippen LogP contribution in [0.1, 0.15) is 18.4 Å². The molecular weight excluding hydrogens is 238 g/mol. The fourth-order valence-electron chi connectivity index (χ4n) is 2.91. The normalized spacial score (nSPS) is 35.1. The summed E-state index contributed by atoms with van der Waals surface area (Å²) in [6.45, 7) is 3.89. The molecule has 2 aliphatic rings. The molecule has 0 unspecified atom stereocenters. The third-order valence-electron chi connectivity index (χ3n) is 3.80. The highest BCUT2D eigenvalue weighted by Crippen LogP contribution is 2.43. The number of hydrogen-bond donors (Lipinski definition) is 0. The summed E-state index contributed by atoms with van der Waals surface area (Å²) in [7, 11) is 0. The maximum atomic E-state index is 3.49. The van der Waals surface area contributed by atoms with E-state index in [1.807, 2.05) is 0 Å². The largest absolute Gasteiger partial charge is 0.302 e. The summed E-state index contributed by atoms with van der Waals surface area (Å²) in [4.78, 5) is 2.59. The molecule has 0 spiro atoms. The Morgan fingerprint density at radius 1 is 1.07 bits per heavy atom. The van der Waals surface area contributed by atoms with Crippen molar-refractivity contribution in [3.8, 4) is 0 Å². The lowest BCUT2D eigenvalue weighted by Gasteiger charge is -2.25. The second kappa shape index (κ2) is 3.07. The molecule has 2 heteroatoms. The van der Waals surface area contributed by atoms with Crippen LogP contribution in [0.5, 0.6) is 0 Å². The SMILES string of the molecule is Brc1ccc(C23CCN(CC2)C3)cc1. The van der Waals surface area contributed by atoms with Gasteiger partial charge in [-0.05, 0) is 43.6 Å². The predicted octanol–water partition coefficient (Wildman–Crippen LogP) is 2.80. The molecular formula is C12H14BrN. The fraction of sp³-hybridized carbons (Fsp3) is 0.500. The molecule has 1 aromatic rings. The first-order chi connectivity index (χ1) is 6.78. The molecule has 14 heavy (non-hydrogen) atoms. The summed E-state index contributed by atoms with van der Waals surface area (Å²) >= 11 is 3.49. The van der Waals surface area contributed by atoms with Gasteiger partial charge >= 0.3 is 0 Å². The van der Waals surface area contributed by atoms with Gasteiger partial charge in [0.1, 0.15) is 0 Å². The number of fused-ring (bicyclic) bond motifs is 2. The Morgan fingerprint density at radius 3 is 2.21 bits per heavy atom. The van der Waals surface area contributed by atoms with E-state index < -0.39 is 0 Å². The van der Waals surface area contributed by atoms with Gasteiger partial charge in [0, 0.05) is 16.4 Å². The number of halogens is 1. The summed E-state index contributed by atoms with van der Waals surface area (Å²) in [6.07, 6.45) is 2.71. The van der Waals surface area contributed by atoms with E-state index in [0.717, 1.165) is 0 Å². The van der Waals surface area contributed by atoms with Crippen LogP contribution in [-0.4, -0.2) is 24.5 Å². The number of benzene rings is 1. The van der Waals surface area contributed by atoms with Gasteiger partial charge in [-0.1, -0.05) is 28.1 Å². The molecule has 1 aromatic carbocycles. The molecule has 3 rings (SSSR count). The van der Waals surface area contributed by atoms with Crippen molar-refractivity contribution < 1.29 is 0 Å². The topological polar surface area (TPSA) is 3.24 Å². The fourth-order valence-corrected chi connectivity index (χ4v) is 3.17. The van der Waals surface area contributed by atoms with Crippen LogP contribution in [-0.2, 0) is 5.41 Å². The zero-order chi connectivity index (χ0) is 9.60. The Hall–Kier alpha value is -0.340. The average molecular weight is 252 g/mol. The summed E-state index contributed by atoms with van der Waals surface area (Å²) in [5.74, 6) is 0. The van der Waals surface area contributed by atoms with Crippen LogP contribution < -0.4 is 0 Å². The Kier molecular flexibility index (Phi) is 1.96. The van der Waals surface area contributed by atoms with E-state index in [9.17, 15) is 0 Å².